The van der Waals surface area contributed by atoms with E-state index in [-0.39, 0.29) is 40.8 Å². The zero-order valence-electron chi connectivity index (χ0n) is 30.9. The number of oxazole rings is 1. The maximum atomic E-state index is 13.6. The van der Waals surface area contributed by atoms with Gasteiger partial charge in [-0.15, -0.1) is 0 Å². The number of carbonyl (C=O) groups is 2. The summed E-state index contributed by atoms with van der Waals surface area (Å²) in [6.45, 7) is 6.88. The molecule has 3 heterocycles. The second-order valence-corrected chi connectivity index (χ2v) is 17.8. The lowest BCUT2D eigenvalue weighted by Crippen LogP contribution is -2.54. The molecule has 2 aliphatic heterocycles. The summed E-state index contributed by atoms with van der Waals surface area (Å²) in [7, 11) is -1.04. The van der Waals surface area contributed by atoms with Crippen LogP contribution in [0.3, 0.4) is 0 Å². The highest BCUT2D eigenvalue weighted by molar-refractivity contribution is 7.90. The van der Waals surface area contributed by atoms with E-state index in [2.05, 4.69) is 26.7 Å². The first kappa shape index (κ1) is 37.4. The van der Waals surface area contributed by atoms with Crippen molar-refractivity contribution in [3.8, 4) is 5.75 Å². The maximum absolute atomic E-state index is 13.6. The SMILES string of the molecule is COC(=O)c1nc(C[C@]2(OC)/C=C/C[C@H](C)[C@@H](C)S(=O)(=O)NC(=O)c3ccc4c(c3)N(C[C@@H]3CC[C@H]32)C[C@@]2(CCCc3cc(Cl)ccc32)CO4)oc1C. The normalized spacial score (nSPS) is 30.2. The van der Waals surface area contributed by atoms with Crippen molar-refractivity contribution in [2.75, 3.05) is 38.8 Å². The third-order valence-electron chi connectivity index (χ3n) is 12.3. The molecule has 11 nitrogen and oxygen atoms in total. The first-order valence-corrected chi connectivity index (χ1v) is 20.3. The molecule has 13 heteroatoms. The molecule has 6 atom stereocenters. The smallest absolute Gasteiger partial charge is 0.360 e. The number of anilines is 1. The summed E-state index contributed by atoms with van der Waals surface area (Å²) in [5.74, 6) is -0.0161. The molecule has 1 N–H and O–H groups in total. The largest absolute Gasteiger partial charge is 0.490 e. The number of nitrogens with zero attached hydrogens (tertiary/aromatic N) is 2. The quantitative estimate of drug-likeness (QED) is 0.229. The van der Waals surface area contributed by atoms with E-state index in [1.54, 1.807) is 39.2 Å². The number of esters is 1. The van der Waals surface area contributed by atoms with Gasteiger partial charge in [0, 0.05) is 36.2 Å². The van der Waals surface area contributed by atoms with Crippen LogP contribution in [0.2, 0.25) is 5.02 Å². The number of hydrogen-bond donors (Lipinski definition) is 1. The van der Waals surface area contributed by atoms with E-state index < -0.39 is 32.8 Å². The molecule has 53 heavy (non-hydrogen) atoms. The van der Waals surface area contributed by atoms with Crippen molar-refractivity contribution in [2.45, 2.75) is 82.0 Å². The number of benzene rings is 2. The van der Waals surface area contributed by atoms with Crippen LogP contribution in [0, 0.1) is 24.7 Å². The Hall–Kier alpha value is -3.87. The monoisotopic (exact) mass is 765 g/mol. The molecule has 4 aliphatic rings. The molecule has 2 aromatic carbocycles. The highest BCUT2D eigenvalue weighted by Crippen LogP contribution is 2.50. The van der Waals surface area contributed by atoms with Crippen LogP contribution in [0.4, 0.5) is 5.69 Å². The van der Waals surface area contributed by atoms with E-state index in [4.69, 9.17) is 30.2 Å². The molecular weight excluding hydrogens is 718 g/mol. The van der Waals surface area contributed by atoms with Gasteiger partial charge in [0.15, 0.2) is 11.6 Å². The van der Waals surface area contributed by atoms with Crippen molar-refractivity contribution >= 4 is 39.2 Å². The second kappa shape index (κ2) is 14.4. The van der Waals surface area contributed by atoms with Gasteiger partial charge >= 0.3 is 5.97 Å². The number of fused-ring (bicyclic) bond motifs is 4. The Labute approximate surface area is 316 Å². The van der Waals surface area contributed by atoms with Crippen molar-refractivity contribution in [3.05, 3.63) is 87.6 Å². The molecule has 2 bridgehead atoms. The summed E-state index contributed by atoms with van der Waals surface area (Å²) in [5.41, 5.74) is 2.35. The van der Waals surface area contributed by atoms with Crippen LogP contribution in [-0.2, 0) is 37.8 Å². The minimum atomic E-state index is -4.03. The molecule has 0 saturated heterocycles. The van der Waals surface area contributed by atoms with Crippen LogP contribution in [0.25, 0.3) is 0 Å². The predicted octanol–water partition coefficient (Wildman–Crippen LogP) is 6.59. The van der Waals surface area contributed by atoms with Crippen molar-refractivity contribution in [1.29, 1.82) is 0 Å². The van der Waals surface area contributed by atoms with Gasteiger partial charge in [-0.2, -0.15) is 0 Å². The van der Waals surface area contributed by atoms with E-state index in [9.17, 15) is 18.0 Å². The van der Waals surface area contributed by atoms with Gasteiger partial charge in [-0.3, -0.25) is 4.79 Å². The van der Waals surface area contributed by atoms with Gasteiger partial charge in [-0.25, -0.2) is 22.9 Å². The average Bonchev–Trinajstić information content (AvgIpc) is 3.41. The fraction of sp³-hybridized carbons (Fsp3) is 0.525. The summed E-state index contributed by atoms with van der Waals surface area (Å²) in [5, 5.41) is -0.158. The molecule has 0 unspecified atom stereocenters. The van der Waals surface area contributed by atoms with E-state index in [0.717, 1.165) is 37.8 Å². The number of aromatic nitrogens is 1. The van der Waals surface area contributed by atoms with Crippen molar-refractivity contribution in [1.82, 2.24) is 9.71 Å². The molecular formula is C40H48ClN3O8S. The molecule has 7 rings (SSSR count). The number of amides is 1. The number of methoxy groups -OCH3 is 2. The van der Waals surface area contributed by atoms with Gasteiger partial charge in [0.2, 0.25) is 10.0 Å². The minimum absolute atomic E-state index is 0.0226. The number of aryl methyl sites for hydroxylation is 2. The Bertz CT molecular complexity index is 2050. The lowest BCUT2D eigenvalue weighted by atomic mass is 9.63. The molecule has 1 saturated carbocycles. The number of carbonyl (C=O) groups excluding carboxylic acids is 2. The van der Waals surface area contributed by atoms with Gasteiger partial charge < -0.3 is 23.5 Å². The molecule has 1 aromatic heterocycles. The molecule has 1 spiro atoms. The van der Waals surface area contributed by atoms with Crippen LogP contribution in [0.5, 0.6) is 5.75 Å². The first-order chi connectivity index (χ1) is 25.3. The molecule has 2 aliphatic carbocycles. The molecule has 1 amide bonds. The summed E-state index contributed by atoms with van der Waals surface area (Å²) in [6.07, 6.45) is 9.34. The number of hydrogen-bond acceptors (Lipinski definition) is 10. The summed E-state index contributed by atoms with van der Waals surface area (Å²) >= 11 is 6.47. The van der Waals surface area contributed by atoms with Crippen molar-refractivity contribution in [3.63, 3.8) is 0 Å². The zero-order valence-corrected chi connectivity index (χ0v) is 32.5. The van der Waals surface area contributed by atoms with Crippen LogP contribution >= 0.6 is 11.6 Å². The summed E-state index contributed by atoms with van der Waals surface area (Å²) < 4.78 is 53.6. The highest BCUT2D eigenvalue weighted by Gasteiger charge is 2.50. The number of allylic oxidation sites excluding steroid dienone is 1. The lowest BCUT2D eigenvalue weighted by Gasteiger charge is -2.50. The van der Waals surface area contributed by atoms with Crippen LogP contribution < -0.4 is 14.4 Å². The third kappa shape index (κ3) is 6.98. The van der Waals surface area contributed by atoms with Gasteiger partial charge in [-0.1, -0.05) is 36.7 Å². The lowest BCUT2D eigenvalue weighted by molar-refractivity contribution is -0.0777. The maximum Gasteiger partial charge on any atom is 0.360 e. The van der Waals surface area contributed by atoms with Crippen molar-refractivity contribution < 1.29 is 36.6 Å². The van der Waals surface area contributed by atoms with Gasteiger partial charge in [-0.05, 0) is 112 Å². The fourth-order valence-corrected chi connectivity index (χ4v) is 10.4. The Morgan fingerprint density at radius 1 is 1.15 bits per heavy atom. The number of ether oxygens (including phenoxy) is 3. The first-order valence-electron chi connectivity index (χ1n) is 18.4. The Kier molecular flexibility index (Phi) is 10.2. The minimum Gasteiger partial charge on any atom is -0.490 e. The van der Waals surface area contributed by atoms with Gasteiger partial charge in [0.05, 0.1) is 36.7 Å². The van der Waals surface area contributed by atoms with Crippen LogP contribution in [-0.4, -0.2) is 70.0 Å². The topological polar surface area (TPSA) is 137 Å². The Balaban J connectivity index is 1.33. The van der Waals surface area contributed by atoms with E-state index in [1.165, 1.54) is 18.2 Å². The summed E-state index contributed by atoms with van der Waals surface area (Å²) in [6, 6.07) is 11.3. The average molecular weight is 766 g/mol. The number of rotatable bonds is 4. The molecule has 284 valence electrons. The number of sulfonamides is 1. The molecule has 1 fully saturated rings. The van der Waals surface area contributed by atoms with Crippen LogP contribution in [0.1, 0.15) is 89.6 Å². The molecule has 0 radical (unpaired) electrons. The van der Waals surface area contributed by atoms with Gasteiger partial charge in [0.1, 0.15) is 11.5 Å². The van der Waals surface area contributed by atoms with Crippen molar-refractivity contribution in [2.24, 2.45) is 17.8 Å². The van der Waals surface area contributed by atoms with Gasteiger partial charge in [0.25, 0.3) is 5.91 Å². The van der Waals surface area contributed by atoms with Crippen LogP contribution in [0.15, 0.2) is 53.0 Å². The van der Waals surface area contributed by atoms with E-state index >= 15 is 0 Å². The second-order valence-electron chi connectivity index (χ2n) is 15.4. The van der Waals surface area contributed by atoms with E-state index in [1.807, 2.05) is 25.1 Å². The van der Waals surface area contributed by atoms with E-state index in [0.29, 0.717) is 48.5 Å². The Morgan fingerprint density at radius 3 is 2.70 bits per heavy atom. The Morgan fingerprint density at radius 2 is 1.96 bits per heavy atom. The molecule has 3 aromatic rings. The highest BCUT2D eigenvalue weighted by atomic mass is 35.5. The fourth-order valence-electron chi connectivity index (χ4n) is 8.88. The third-order valence-corrected chi connectivity index (χ3v) is 14.4. The number of halogens is 1. The number of nitrogens with one attached hydrogen (secondary N) is 1. The standard InChI is InChI=1S/C40H48ClN3O8S/c1-24-8-6-17-40(50-5,20-35-42-36(25(2)52-35)38(46)49-4)32-13-10-29(32)21-44-22-39(16-7-9-27-18-30(41)12-14-31(27)39)23-51-34-15-11-28(19-33(34)44)37(45)43-53(47,48)26(24)3/h6,11-12,14-15,17-19,24,26,29,32H,7-10,13,16,20-23H2,1-5H3,(H,43,45)/b17-6+/t24-,26+,29-,32+,39-,40+/m0/s1. The summed E-state index contributed by atoms with van der Waals surface area (Å²) in [4.78, 5) is 32.9. The zero-order chi connectivity index (χ0) is 37.7. The predicted molar refractivity (Wildman–Crippen MR) is 201 cm³/mol.